The highest BCUT2D eigenvalue weighted by atomic mass is 79.9. The van der Waals surface area contributed by atoms with Gasteiger partial charge in [0.2, 0.25) is 0 Å². The first-order valence-corrected chi connectivity index (χ1v) is 7.64. The minimum atomic E-state index is -0.523. The van der Waals surface area contributed by atoms with Crippen molar-refractivity contribution in [2.75, 3.05) is 5.32 Å². The van der Waals surface area contributed by atoms with Gasteiger partial charge in [0.05, 0.1) is 25.8 Å². The summed E-state index contributed by atoms with van der Waals surface area (Å²) in [6.07, 6.45) is 0. The maximum Gasteiger partial charge on any atom is 0.256 e. The highest BCUT2D eigenvalue weighted by Crippen LogP contribution is 2.34. The third kappa shape index (κ3) is 3.34. The molecular weight excluding hydrogens is 436 g/mol. The summed E-state index contributed by atoms with van der Waals surface area (Å²) in [7, 11) is 0. The zero-order chi connectivity index (χ0) is 14.9. The van der Waals surface area contributed by atoms with E-state index in [1.807, 2.05) is 0 Å². The van der Waals surface area contributed by atoms with Gasteiger partial charge in [0, 0.05) is 4.47 Å². The molecule has 0 aliphatic carbocycles. The Morgan fingerprint density at radius 3 is 2.35 bits per heavy atom. The number of anilines is 1. The molecular formula is C13H6Br2Cl2FNO. The molecule has 0 bridgehead atoms. The minimum Gasteiger partial charge on any atom is -0.319 e. The summed E-state index contributed by atoms with van der Waals surface area (Å²) in [5, 5.41) is 3.14. The molecule has 0 heterocycles. The van der Waals surface area contributed by atoms with Crippen LogP contribution < -0.4 is 5.32 Å². The summed E-state index contributed by atoms with van der Waals surface area (Å²) >= 11 is 18.3. The van der Waals surface area contributed by atoms with Crippen LogP contribution in [0.1, 0.15) is 10.4 Å². The van der Waals surface area contributed by atoms with Gasteiger partial charge < -0.3 is 5.32 Å². The SMILES string of the molecule is O=C(Nc1c(Cl)cc(Br)cc1Cl)c1cccc(F)c1Br. The van der Waals surface area contributed by atoms with Gasteiger partial charge in [-0.1, -0.05) is 45.2 Å². The summed E-state index contributed by atoms with van der Waals surface area (Å²) in [6, 6.07) is 7.39. The number of carbonyl (C=O) groups is 1. The highest BCUT2D eigenvalue weighted by Gasteiger charge is 2.16. The maximum atomic E-state index is 13.4. The molecule has 0 fully saturated rings. The van der Waals surface area contributed by atoms with Crippen LogP contribution in [-0.2, 0) is 0 Å². The molecule has 0 unspecified atom stereocenters. The molecule has 7 heteroatoms. The molecule has 0 saturated heterocycles. The molecule has 1 N–H and O–H groups in total. The topological polar surface area (TPSA) is 29.1 Å². The lowest BCUT2D eigenvalue weighted by Gasteiger charge is -2.11. The van der Waals surface area contributed by atoms with Gasteiger partial charge in [0.25, 0.3) is 5.91 Å². The van der Waals surface area contributed by atoms with E-state index >= 15 is 0 Å². The molecule has 2 rings (SSSR count). The highest BCUT2D eigenvalue weighted by molar-refractivity contribution is 9.10. The number of nitrogens with one attached hydrogen (secondary N) is 1. The Labute approximate surface area is 141 Å². The van der Waals surface area contributed by atoms with Crippen LogP contribution in [0.15, 0.2) is 39.3 Å². The first-order valence-electron chi connectivity index (χ1n) is 5.30. The molecule has 20 heavy (non-hydrogen) atoms. The average molecular weight is 442 g/mol. The number of benzene rings is 2. The summed E-state index contributed by atoms with van der Waals surface area (Å²) < 4.78 is 14.2. The minimum absolute atomic E-state index is 0.0851. The third-order valence-electron chi connectivity index (χ3n) is 2.44. The lowest BCUT2D eigenvalue weighted by molar-refractivity contribution is 0.102. The lowest BCUT2D eigenvalue weighted by Crippen LogP contribution is -2.13. The largest absolute Gasteiger partial charge is 0.319 e. The van der Waals surface area contributed by atoms with Crippen molar-refractivity contribution in [3.05, 3.63) is 60.7 Å². The number of amides is 1. The van der Waals surface area contributed by atoms with Gasteiger partial charge >= 0.3 is 0 Å². The van der Waals surface area contributed by atoms with Crippen LogP contribution in [0, 0.1) is 5.82 Å². The number of carbonyl (C=O) groups excluding carboxylic acids is 1. The zero-order valence-electron chi connectivity index (χ0n) is 9.68. The number of hydrogen-bond acceptors (Lipinski definition) is 1. The van der Waals surface area contributed by atoms with E-state index in [4.69, 9.17) is 23.2 Å². The Morgan fingerprint density at radius 2 is 1.75 bits per heavy atom. The second-order valence-corrected chi connectivity index (χ2v) is 6.32. The van der Waals surface area contributed by atoms with Crippen LogP contribution in [0.2, 0.25) is 10.0 Å². The quantitative estimate of drug-likeness (QED) is 0.616. The summed E-state index contributed by atoms with van der Waals surface area (Å²) in [4.78, 5) is 12.1. The molecule has 0 aliphatic rings. The van der Waals surface area contributed by atoms with Crippen molar-refractivity contribution in [1.29, 1.82) is 0 Å². The summed E-state index contributed by atoms with van der Waals surface area (Å²) in [5.41, 5.74) is 0.428. The van der Waals surface area contributed by atoms with Gasteiger partial charge in [0.15, 0.2) is 0 Å². The van der Waals surface area contributed by atoms with Gasteiger partial charge in [0.1, 0.15) is 5.82 Å². The lowest BCUT2D eigenvalue weighted by atomic mass is 10.2. The molecule has 2 nitrogen and oxygen atoms in total. The Bertz CT molecular complexity index is 671. The molecule has 2 aromatic carbocycles. The van der Waals surface area contributed by atoms with E-state index in [1.54, 1.807) is 12.1 Å². The van der Waals surface area contributed by atoms with Crippen LogP contribution in [-0.4, -0.2) is 5.91 Å². The fourth-order valence-corrected chi connectivity index (χ4v) is 3.27. The molecule has 0 saturated carbocycles. The second kappa shape index (κ2) is 6.43. The molecule has 0 spiro atoms. The zero-order valence-corrected chi connectivity index (χ0v) is 14.4. The first kappa shape index (κ1) is 15.8. The fraction of sp³-hybridized carbons (Fsp3) is 0. The Kier molecular flexibility index (Phi) is 5.07. The predicted molar refractivity (Wildman–Crippen MR) is 86.2 cm³/mol. The number of halogens is 5. The molecule has 1 amide bonds. The average Bonchev–Trinajstić information content (AvgIpc) is 2.36. The van der Waals surface area contributed by atoms with Gasteiger partial charge in [-0.3, -0.25) is 4.79 Å². The van der Waals surface area contributed by atoms with Crippen LogP contribution in [0.3, 0.4) is 0 Å². The molecule has 2 aromatic rings. The van der Waals surface area contributed by atoms with Crippen molar-refractivity contribution >= 4 is 66.7 Å². The van der Waals surface area contributed by atoms with Crippen molar-refractivity contribution in [2.24, 2.45) is 0 Å². The molecule has 0 aliphatic heterocycles. The normalized spacial score (nSPS) is 10.4. The third-order valence-corrected chi connectivity index (χ3v) is 4.30. The first-order chi connectivity index (χ1) is 9.40. The molecule has 0 aromatic heterocycles. The van der Waals surface area contributed by atoms with Crippen molar-refractivity contribution < 1.29 is 9.18 Å². The fourth-order valence-electron chi connectivity index (χ4n) is 1.52. The molecule has 0 atom stereocenters. The van der Waals surface area contributed by atoms with E-state index in [-0.39, 0.29) is 25.8 Å². The van der Waals surface area contributed by atoms with Crippen LogP contribution >= 0.6 is 55.1 Å². The molecule has 0 radical (unpaired) electrons. The second-order valence-electron chi connectivity index (χ2n) is 3.80. The van der Waals surface area contributed by atoms with Gasteiger partial charge in [-0.2, -0.15) is 0 Å². The van der Waals surface area contributed by atoms with Gasteiger partial charge in [-0.25, -0.2) is 4.39 Å². The Hall–Kier alpha value is -0.620. The van der Waals surface area contributed by atoms with Crippen LogP contribution in [0.4, 0.5) is 10.1 Å². The number of hydrogen-bond donors (Lipinski definition) is 1. The van der Waals surface area contributed by atoms with E-state index in [9.17, 15) is 9.18 Å². The van der Waals surface area contributed by atoms with Gasteiger partial charge in [-0.05, 0) is 40.2 Å². The summed E-state index contributed by atoms with van der Waals surface area (Å²) in [5.74, 6) is -1.03. The predicted octanol–water partition coefficient (Wildman–Crippen LogP) is 5.91. The Balaban J connectivity index is 2.36. The standard InChI is InChI=1S/C13H6Br2Cl2FNO/c14-6-4-8(16)12(9(17)5-6)19-13(20)7-2-1-3-10(18)11(7)15/h1-5H,(H,19,20). The van der Waals surface area contributed by atoms with Crippen molar-refractivity contribution in [2.45, 2.75) is 0 Å². The van der Waals surface area contributed by atoms with E-state index in [0.717, 1.165) is 0 Å². The van der Waals surface area contributed by atoms with Crippen LogP contribution in [0.5, 0.6) is 0 Å². The van der Waals surface area contributed by atoms with Gasteiger partial charge in [-0.15, -0.1) is 0 Å². The smallest absolute Gasteiger partial charge is 0.256 e. The van der Waals surface area contributed by atoms with E-state index in [2.05, 4.69) is 37.2 Å². The van der Waals surface area contributed by atoms with E-state index in [1.165, 1.54) is 18.2 Å². The summed E-state index contributed by atoms with van der Waals surface area (Å²) in [6.45, 7) is 0. The Morgan fingerprint density at radius 1 is 1.15 bits per heavy atom. The van der Waals surface area contributed by atoms with E-state index in [0.29, 0.717) is 4.47 Å². The molecule has 104 valence electrons. The number of rotatable bonds is 2. The van der Waals surface area contributed by atoms with Crippen molar-refractivity contribution in [3.63, 3.8) is 0 Å². The van der Waals surface area contributed by atoms with E-state index < -0.39 is 11.7 Å². The van der Waals surface area contributed by atoms with Crippen molar-refractivity contribution in [1.82, 2.24) is 0 Å². The van der Waals surface area contributed by atoms with Crippen molar-refractivity contribution in [3.8, 4) is 0 Å². The van der Waals surface area contributed by atoms with Crippen LogP contribution in [0.25, 0.3) is 0 Å². The maximum absolute atomic E-state index is 13.4. The monoisotopic (exact) mass is 439 g/mol.